The number of benzene rings is 2. The van der Waals surface area contributed by atoms with Gasteiger partial charge in [0, 0.05) is 15.6 Å². The molecule has 0 saturated heterocycles. The van der Waals surface area contributed by atoms with Crippen LogP contribution < -0.4 is 5.32 Å². The Bertz CT molecular complexity index is 792. The van der Waals surface area contributed by atoms with Gasteiger partial charge in [0.2, 0.25) is 5.89 Å². The summed E-state index contributed by atoms with van der Waals surface area (Å²) >= 11 is 11.8. The number of aromatic nitrogens is 1. The molecule has 4 nitrogen and oxygen atoms in total. The molecular formula is C16H12Cl2N2O2. The minimum absolute atomic E-state index is 0.292. The number of amides is 1. The highest BCUT2D eigenvalue weighted by atomic mass is 35.5. The van der Waals surface area contributed by atoms with Crippen molar-refractivity contribution in [2.24, 2.45) is 0 Å². The summed E-state index contributed by atoms with van der Waals surface area (Å²) in [5.74, 6) is 0.154. The SMILES string of the molecule is CC(NC(=O)c1cc(Cl)cc(Cl)c1)c1nc2ccccc2o1. The molecule has 0 radical (unpaired) electrons. The molecule has 0 aliphatic rings. The monoisotopic (exact) mass is 334 g/mol. The van der Waals surface area contributed by atoms with Crippen LogP contribution in [-0.4, -0.2) is 10.9 Å². The van der Waals surface area contributed by atoms with Crippen molar-refractivity contribution in [3.63, 3.8) is 0 Å². The number of hydrogen-bond acceptors (Lipinski definition) is 3. The van der Waals surface area contributed by atoms with Gasteiger partial charge in [0.1, 0.15) is 11.6 Å². The van der Waals surface area contributed by atoms with Crippen molar-refractivity contribution in [2.75, 3.05) is 0 Å². The number of nitrogens with zero attached hydrogens (tertiary/aromatic N) is 1. The largest absolute Gasteiger partial charge is 0.438 e. The van der Waals surface area contributed by atoms with Gasteiger partial charge in [-0.15, -0.1) is 0 Å². The number of oxazole rings is 1. The Hall–Kier alpha value is -2.04. The minimum atomic E-state index is -0.377. The second-order valence-electron chi connectivity index (χ2n) is 4.87. The zero-order chi connectivity index (χ0) is 15.7. The molecular weight excluding hydrogens is 323 g/mol. The van der Waals surface area contributed by atoms with Crippen LogP contribution in [0.5, 0.6) is 0 Å². The zero-order valence-electron chi connectivity index (χ0n) is 11.6. The smallest absolute Gasteiger partial charge is 0.252 e. The van der Waals surface area contributed by atoms with Crippen LogP contribution in [0.2, 0.25) is 10.0 Å². The summed E-state index contributed by atoms with van der Waals surface area (Å²) in [5.41, 5.74) is 1.83. The topological polar surface area (TPSA) is 55.1 Å². The fourth-order valence-electron chi connectivity index (χ4n) is 2.10. The predicted octanol–water partition coefficient (Wildman–Crippen LogP) is 4.63. The summed E-state index contributed by atoms with van der Waals surface area (Å²) in [4.78, 5) is 16.6. The van der Waals surface area contributed by atoms with Gasteiger partial charge >= 0.3 is 0 Å². The number of fused-ring (bicyclic) bond motifs is 1. The molecule has 1 heterocycles. The van der Waals surface area contributed by atoms with Crippen LogP contribution in [0.4, 0.5) is 0 Å². The molecule has 3 rings (SSSR count). The van der Waals surface area contributed by atoms with Crippen molar-refractivity contribution < 1.29 is 9.21 Å². The molecule has 22 heavy (non-hydrogen) atoms. The standard InChI is InChI=1S/C16H12Cl2N2O2/c1-9(16-20-13-4-2-3-5-14(13)22-16)19-15(21)10-6-11(17)8-12(18)7-10/h2-9H,1H3,(H,19,21). The van der Waals surface area contributed by atoms with Gasteiger partial charge in [-0.05, 0) is 37.3 Å². The Balaban J connectivity index is 1.80. The normalized spacial score (nSPS) is 12.3. The molecule has 0 bridgehead atoms. The van der Waals surface area contributed by atoms with Gasteiger partial charge in [-0.3, -0.25) is 4.79 Å². The van der Waals surface area contributed by atoms with Crippen molar-refractivity contribution in [2.45, 2.75) is 13.0 Å². The van der Waals surface area contributed by atoms with E-state index in [-0.39, 0.29) is 11.9 Å². The number of carbonyl (C=O) groups is 1. The maximum Gasteiger partial charge on any atom is 0.252 e. The van der Waals surface area contributed by atoms with E-state index < -0.39 is 0 Å². The molecule has 0 aliphatic carbocycles. The number of hydrogen-bond donors (Lipinski definition) is 1. The first-order valence-electron chi connectivity index (χ1n) is 6.65. The quantitative estimate of drug-likeness (QED) is 0.759. The van der Waals surface area contributed by atoms with Crippen LogP contribution in [0.15, 0.2) is 46.9 Å². The lowest BCUT2D eigenvalue weighted by molar-refractivity contribution is 0.0934. The first-order chi connectivity index (χ1) is 10.5. The Kier molecular flexibility index (Phi) is 4.05. The van der Waals surface area contributed by atoms with Crippen molar-refractivity contribution in [1.82, 2.24) is 10.3 Å². The molecule has 1 N–H and O–H groups in total. The van der Waals surface area contributed by atoms with E-state index in [4.69, 9.17) is 27.6 Å². The van der Waals surface area contributed by atoms with Crippen LogP contribution in [-0.2, 0) is 0 Å². The number of nitrogens with one attached hydrogen (secondary N) is 1. The fourth-order valence-corrected chi connectivity index (χ4v) is 2.63. The third-order valence-electron chi connectivity index (χ3n) is 3.15. The number of carbonyl (C=O) groups excluding carboxylic acids is 1. The van der Waals surface area contributed by atoms with Crippen LogP contribution >= 0.6 is 23.2 Å². The Morgan fingerprint density at radius 2 is 1.86 bits per heavy atom. The van der Waals surface area contributed by atoms with Gasteiger partial charge in [-0.1, -0.05) is 35.3 Å². The van der Waals surface area contributed by atoms with E-state index in [1.165, 1.54) is 0 Å². The van der Waals surface area contributed by atoms with Crippen LogP contribution in [0, 0.1) is 0 Å². The van der Waals surface area contributed by atoms with E-state index in [2.05, 4.69) is 10.3 Å². The van der Waals surface area contributed by atoms with E-state index in [0.29, 0.717) is 27.1 Å². The molecule has 1 aromatic heterocycles. The molecule has 1 atom stereocenters. The van der Waals surface area contributed by atoms with Crippen molar-refractivity contribution in [1.29, 1.82) is 0 Å². The Morgan fingerprint density at radius 3 is 2.55 bits per heavy atom. The summed E-state index contributed by atoms with van der Waals surface area (Å²) in [6.45, 7) is 1.80. The second kappa shape index (κ2) is 5.99. The summed E-state index contributed by atoms with van der Waals surface area (Å²) in [7, 11) is 0. The van der Waals surface area contributed by atoms with E-state index >= 15 is 0 Å². The zero-order valence-corrected chi connectivity index (χ0v) is 13.2. The van der Waals surface area contributed by atoms with Crippen molar-refractivity contribution in [3.05, 3.63) is 64.0 Å². The molecule has 112 valence electrons. The lowest BCUT2D eigenvalue weighted by atomic mass is 10.2. The Morgan fingerprint density at radius 1 is 1.18 bits per heavy atom. The maximum absolute atomic E-state index is 12.3. The number of para-hydroxylation sites is 2. The lowest BCUT2D eigenvalue weighted by Gasteiger charge is -2.10. The van der Waals surface area contributed by atoms with Crippen molar-refractivity contribution >= 4 is 40.2 Å². The number of halogens is 2. The van der Waals surface area contributed by atoms with Gasteiger partial charge in [0.05, 0.1) is 0 Å². The van der Waals surface area contributed by atoms with Gasteiger partial charge in [0.15, 0.2) is 5.58 Å². The van der Waals surface area contributed by atoms with Gasteiger partial charge in [-0.25, -0.2) is 4.98 Å². The van der Waals surface area contributed by atoms with Crippen LogP contribution in [0.1, 0.15) is 29.2 Å². The molecule has 6 heteroatoms. The third kappa shape index (κ3) is 3.08. The average Bonchev–Trinajstić information content (AvgIpc) is 2.90. The first kappa shape index (κ1) is 14.9. The highest BCUT2D eigenvalue weighted by Gasteiger charge is 2.17. The fraction of sp³-hybridized carbons (Fsp3) is 0.125. The van der Waals surface area contributed by atoms with Gasteiger partial charge < -0.3 is 9.73 Å². The van der Waals surface area contributed by atoms with Crippen LogP contribution in [0.3, 0.4) is 0 Å². The van der Waals surface area contributed by atoms with Crippen molar-refractivity contribution in [3.8, 4) is 0 Å². The molecule has 0 saturated carbocycles. The molecule has 3 aromatic rings. The molecule has 0 aliphatic heterocycles. The summed E-state index contributed by atoms with van der Waals surface area (Å²) in [6, 6.07) is 11.7. The second-order valence-corrected chi connectivity index (χ2v) is 5.75. The summed E-state index contributed by atoms with van der Waals surface area (Å²) < 4.78 is 5.64. The van der Waals surface area contributed by atoms with E-state index in [1.807, 2.05) is 24.3 Å². The lowest BCUT2D eigenvalue weighted by Crippen LogP contribution is -2.26. The third-order valence-corrected chi connectivity index (χ3v) is 3.59. The molecule has 1 amide bonds. The summed E-state index contributed by atoms with van der Waals surface area (Å²) in [6.07, 6.45) is 0. The maximum atomic E-state index is 12.3. The van der Waals surface area contributed by atoms with E-state index in [9.17, 15) is 4.79 Å². The van der Waals surface area contributed by atoms with E-state index in [1.54, 1.807) is 25.1 Å². The molecule has 1 unspecified atom stereocenters. The molecule has 2 aromatic carbocycles. The first-order valence-corrected chi connectivity index (χ1v) is 7.41. The Labute approximate surface area is 137 Å². The molecule has 0 spiro atoms. The van der Waals surface area contributed by atoms with E-state index in [0.717, 1.165) is 5.52 Å². The van der Waals surface area contributed by atoms with Gasteiger partial charge in [-0.2, -0.15) is 0 Å². The highest BCUT2D eigenvalue weighted by Crippen LogP contribution is 2.22. The minimum Gasteiger partial charge on any atom is -0.438 e. The molecule has 0 fully saturated rings. The van der Waals surface area contributed by atoms with Gasteiger partial charge in [0.25, 0.3) is 5.91 Å². The summed E-state index contributed by atoms with van der Waals surface area (Å²) in [5, 5.41) is 3.63. The highest BCUT2D eigenvalue weighted by molar-refractivity contribution is 6.35. The average molecular weight is 335 g/mol. The van der Waals surface area contributed by atoms with Crippen LogP contribution in [0.25, 0.3) is 11.1 Å². The predicted molar refractivity (Wildman–Crippen MR) is 86.4 cm³/mol. The number of rotatable bonds is 3.